The maximum atomic E-state index is 13.3. The van der Waals surface area contributed by atoms with Gasteiger partial charge < -0.3 is 21.5 Å². The molecule has 0 aromatic heterocycles. The van der Waals surface area contributed by atoms with Crippen LogP contribution in [0.3, 0.4) is 0 Å². The number of nitrogens with two attached hydrogens (primary N) is 1. The smallest absolute Gasteiger partial charge is 0.326 e. The van der Waals surface area contributed by atoms with Gasteiger partial charge in [-0.3, -0.25) is 4.79 Å². The number of rotatable bonds is 6. The van der Waals surface area contributed by atoms with Gasteiger partial charge in [-0.25, -0.2) is 18.4 Å². The summed E-state index contributed by atoms with van der Waals surface area (Å²) in [6, 6.07) is 0.125. The first-order valence-electron chi connectivity index (χ1n) is 5.83. The number of amides is 3. The SMILES string of the molecule is NC(=O)CC[C@@H](NC(=O)Nc1ccc(F)cc1F)C(=O)O. The summed E-state index contributed by atoms with van der Waals surface area (Å²) in [5, 5.41) is 13.0. The van der Waals surface area contributed by atoms with E-state index < -0.39 is 35.6 Å². The van der Waals surface area contributed by atoms with Crippen LogP contribution in [0.1, 0.15) is 12.8 Å². The normalized spacial score (nSPS) is 11.5. The lowest BCUT2D eigenvalue weighted by Crippen LogP contribution is -2.43. The van der Waals surface area contributed by atoms with Crippen molar-refractivity contribution in [3.8, 4) is 0 Å². The number of benzene rings is 1. The van der Waals surface area contributed by atoms with E-state index in [-0.39, 0.29) is 18.5 Å². The molecule has 0 aliphatic heterocycles. The Bertz CT molecular complexity index is 565. The highest BCUT2D eigenvalue weighted by atomic mass is 19.1. The predicted molar refractivity (Wildman–Crippen MR) is 68.4 cm³/mol. The Morgan fingerprint density at radius 2 is 1.95 bits per heavy atom. The number of primary amides is 1. The standard InChI is InChI=1S/C12H13F2N3O4/c13-6-1-2-8(7(14)5-6)16-12(21)17-9(11(19)20)3-4-10(15)18/h1-2,5,9H,3-4H2,(H2,15,18)(H,19,20)(H2,16,17,21)/t9-/m1/s1. The second-order valence-electron chi connectivity index (χ2n) is 4.12. The lowest BCUT2D eigenvalue weighted by molar-refractivity contribution is -0.139. The van der Waals surface area contributed by atoms with Crippen LogP contribution >= 0.6 is 0 Å². The summed E-state index contributed by atoms with van der Waals surface area (Å²) in [6.45, 7) is 0. The number of carbonyl (C=O) groups is 3. The average Bonchev–Trinajstić information content (AvgIpc) is 2.37. The van der Waals surface area contributed by atoms with Crippen molar-refractivity contribution in [2.45, 2.75) is 18.9 Å². The Hall–Kier alpha value is -2.71. The van der Waals surface area contributed by atoms with E-state index in [1.54, 1.807) is 0 Å². The molecule has 0 radical (unpaired) electrons. The maximum Gasteiger partial charge on any atom is 0.326 e. The van der Waals surface area contributed by atoms with Gasteiger partial charge in [0, 0.05) is 12.5 Å². The third kappa shape index (κ3) is 5.43. The Labute approximate surface area is 118 Å². The molecule has 21 heavy (non-hydrogen) atoms. The molecule has 0 saturated heterocycles. The summed E-state index contributed by atoms with van der Waals surface area (Å²) >= 11 is 0. The van der Waals surface area contributed by atoms with Crippen molar-refractivity contribution in [2.75, 3.05) is 5.32 Å². The number of hydrogen-bond acceptors (Lipinski definition) is 3. The number of nitrogens with one attached hydrogen (secondary N) is 2. The van der Waals surface area contributed by atoms with E-state index in [4.69, 9.17) is 10.8 Å². The van der Waals surface area contributed by atoms with Gasteiger partial charge in [0.2, 0.25) is 5.91 Å². The largest absolute Gasteiger partial charge is 0.480 e. The molecule has 1 rings (SSSR count). The first-order chi connectivity index (χ1) is 9.79. The van der Waals surface area contributed by atoms with Gasteiger partial charge in [0.15, 0.2) is 0 Å². The minimum absolute atomic E-state index is 0.204. The van der Waals surface area contributed by atoms with Gasteiger partial charge in [-0.2, -0.15) is 0 Å². The predicted octanol–water partition coefficient (Wildman–Crippen LogP) is 0.805. The zero-order valence-electron chi connectivity index (χ0n) is 10.7. The average molecular weight is 301 g/mol. The summed E-state index contributed by atoms with van der Waals surface area (Å²) in [4.78, 5) is 33.0. The molecular formula is C12H13F2N3O4. The molecule has 0 fully saturated rings. The molecule has 0 spiro atoms. The minimum atomic E-state index is -1.37. The fraction of sp³-hybridized carbons (Fsp3) is 0.250. The highest BCUT2D eigenvalue weighted by Crippen LogP contribution is 2.14. The number of carbonyl (C=O) groups excluding carboxylic acids is 2. The molecular weight excluding hydrogens is 288 g/mol. The summed E-state index contributed by atoms with van der Waals surface area (Å²) in [6.07, 6.45) is -0.438. The van der Waals surface area contributed by atoms with Gasteiger partial charge in [0.25, 0.3) is 0 Å². The van der Waals surface area contributed by atoms with Crippen LogP contribution in [-0.2, 0) is 9.59 Å². The van der Waals surface area contributed by atoms with Gasteiger partial charge in [-0.15, -0.1) is 0 Å². The van der Waals surface area contributed by atoms with Crippen LogP contribution in [0.4, 0.5) is 19.3 Å². The number of aliphatic carboxylic acids is 1. The lowest BCUT2D eigenvalue weighted by Gasteiger charge is -2.14. The number of hydrogen-bond donors (Lipinski definition) is 4. The molecule has 0 unspecified atom stereocenters. The minimum Gasteiger partial charge on any atom is -0.480 e. The molecule has 0 aliphatic carbocycles. The monoisotopic (exact) mass is 301 g/mol. The Kier molecular flexibility index (Phi) is 5.58. The second-order valence-corrected chi connectivity index (χ2v) is 4.12. The number of halogens is 2. The fourth-order valence-electron chi connectivity index (χ4n) is 1.45. The Morgan fingerprint density at radius 1 is 1.29 bits per heavy atom. The first kappa shape index (κ1) is 16.3. The molecule has 1 atom stereocenters. The molecule has 114 valence electrons. The van der Waals surface area contributed by atoms with E-state index in [9.17, 15) is 23.2 Å². The molecule has 7 nitrogen and oxygen atoms in total. The number of carboxylic acids is 1. The highest BCUT2D eigenvalue weighted by Gasteiger charge is 2.21. The van der Waals surface area contributed by atoms with Crippen molar-refractivity contribution in [1.82, 2.24) is 5.32 Å². The van der Waals surface area contributed by atoms with Crippen molar-refractivity contribution in [1.29, 1.82) is 0 Å². The third-order valence-electron chi connectivity index (χ3n) is 2.46. The van der Waals surface area contributed by atoms with Gasteiger partial charge in [-0.05, 0) is 18.6 Å². The zero-order valence-corrected chi connectivity index (χ0v) is 10.7. The Balaban J connectivity index is 2.65. The van der Waals surface area contributed by atoms with Crippen LogP contribution in [0.15, 0.2) is 18.2 Å². The van der Waals surface area contributed by atoms with Gasteiger partial charge in [-0.1, -0.05) is 0 Å². The molecule has 0 saturated carbocycles. The molecule has 9 heteroatoms. The molecule has 5 N–H and O–H groups in total. The van der Waals surface area contributed by atoms with E-state index in [0.29, 0.717) is 6.07 Å². The van der Waals surface area contributed by atoms with Crippen molar-refractivity contribution in [3.63, 3.8) is 0 Å². The van der Waals surface area contributed by atoms with Crippen molar-refractivity contribution in [3.05, 3.63) is 29.8 Å². The lowest BCUT2D eigenvalue weighted by atomic mass is 10.1. The van der Waals surface area contributed by atoms with Crippen LogP contribution in [0.5, 0.6) is 0 Å². The number of urea groups is 1. The summed E-state index contributed by atoms with van der Waals surface area (Å²) in [5.41, 5.74) is 4.57. The molecule has 1 aromatic rings. The summed E-state index contributed by atoms with van der Waals surface area (Å²) in [7, 11) is 0. The van der Waals surface area contributed by atoms with Crippen LogP contribution in [-0.4, -0.2) is 29.1 Å². The van der Waals surface area contributed by atoms with Crippen LogP contribution in [0.2, 0.25) is 0 Å². The van der Waals surface area contributed by atoms with Crippen molar-refractivity contribution < 1.29 is 28.3 Å². The molecule has 0 aliphatic rings. The van der Waals surface area contributed by atoms with E-state index >= 15 is 0 Å². The van der Waals surface area contributed by atoms with Crippen LogP contribution < -0.4 is 16.4 Å². The third-order valence-corrected chi connectivity index (χ3v) is 2.46. The highest BCUT2D eigenvalue weighted by molar-refractivity contribution is 5.92. The van der Waals surface area contributed by atoms with E-state index in [2.05, 4.69) is 0 Å². The first-order valence-corrected chi connectivity index (χ1v) is 5.83. The molecule has 1 aromatic carbocycles. The van der Waals surface area contributed by atoms with E-state index in [1.807, 2.05) is 10.6 Å². The summed E-state index contributed by atoms with van der Waals surface area (Å²) in [5.74, 6) is -3.91. The molecule has 0 heterocycles. The van der Waals surface area contributed by atoms with Gasteiger partial charge in [0.05, 0.1) is 5.69 Å². The van der Waals surface area contributed by atoms with Crippen molar-refractivity contribution in [2.24, 2.45) is 5.73 Å². The van der Waals surface area contributed by atoms with Crippen LogP contribution in [0, 0.1) is 11.6 Å². The topological polar surface area (TPSA) is 122 Å². The van der Waals surface area contributed by atoms with E-state index in [0.717, 1.165) is 12.1 Å². The quantitative estimate of drug-likeness (QED) is 0.621. The van der Waals surface area contributed by atoms with E-state index in [1.165, 1.54) is 0 Å². The van der Waals surface area contributed by atoms with Crippen LogP contribution in [0.25, 0.3) is 0 Å². The van der Waals surface area contributed by atoms with Crippen molar-refractivity contribution >= 4 is 23.6 Å². The summed E-state index contributed by atoms with van der Waals surface area (Å²) < 4.78 is 26.0. The van der Waals surface area contributed by atoms with Gasteiger partial charge in [0.1, 0.15) is 17.7 Å². The zero-order chi connectivity index (χ0) is 16.0. The molecule has 3 amide bonds. The maximum absolute atomic E-state index is 13.3. The number of carboxylic acid groups (broad SMARTS) is 1. The second kappa shape index (κ2) is 7.17. The number of anilines is 1. The fourth-order valence-corrected chi connectivity index (χ4v) is 1.45. The van der Waals surface area contributed by atoms with Gasteiger partial charge >= 0.3 is 12.0 Å². The molecule has 0 bridgehead atoms. The Morgan fingerprint density at radius 3 is 2.48 bits per heavy atom.